The van der Waals surface area contributed by atoms with Crippen LogP contribution in [0.5, 0.6) is 0 Å². The molecular weight excluding hydrogens is 264 g/mol. The lowest BCUT2D eigenvalue weighted by Crippen LogP contribution is -2.11. The summed E-state index contributed by atoms with van der Waals surface area (Å²) in [4.78, 5) is 16.1. The minimum Gasteiger partial charge on any atom is -0.464 e. The molecule has 0 spiro atoms. The number of aromatic nitrogens is 1. The Labute approximate surface area is 124 Å². The summed E-state index contributed by atoms with van der Waals surface area (Å²) in [5, 5.41) is 3.30. The van der Waals surface area contributed by atoms with Crippen molar-refractivity contribution in [3.63, 3.8) is 0 Å². The summed E-state index contributed by atoms with van der Waals surface area (Å²) in [6.07, 6.45) is 4.20. The maximum atomic E-state index is 11.8. The molecule has 1 aliphatic carbocycles. The second-order valence-electron chi connectivity index (χ2n) is 5.27. The molecule has 2 aromatic rings. The fraction of sp³-hybridized carbons (Fsp3) is 0.294. The molecular formula is C17H18N2O2. The van der Waals surface area contributed by atoms with Gasteiger partial charge in [0.05, 0.1) is 12.8 Å². The maximum Gasteiger partial charge on any atom is 0.358 e. The molecule has 0 unspecified atom stereocenters. The maximum absolute atomic E-state index is 11.8. The molecule has 0 aliphatic heterocycles. The fourth-order valence-corrected chi connectivity index (χ4v) is 2.31. The number of nitrogens with one attached hydrogen (secondary N) is 1. The van der Waals surface area contributed by atoms with Crippen LogP contribution in [-0.4, -0.2) is 18.1 Å². The Kier molecular flexibility index (Phi) is 3.86. The van der Waals surface area contributed by atoms with E-state index in [1.165, 1.54) is 25.5 Å². The molecule has 3 rings (SSSR count). The third-order valence-corrected chi connectivity index (χ3v) is 3.66. The molecule has 1 aromatic heterocycles. The first kappa shape index (κ1) is 13.6. The Balaban J connectivity index is 1.83. The molecule has 0 saturated heterocycles. The van der Waals surface area contributed by atoms with Gasteiger partial charge in [-0.3, -0.25) is 0 Å². The smallest absolute Gasteiger partial charge is 0.358 e. The Morgan fingerprint density at radius 2 is 2.10 bits per heavy atom. The van der Waals surface area contributed by atoms with Gasteiger partial charge in [0.2, 0.25) is 0 Å². The number of ether oxygens (including phenoxy) is 1. The molecule has 0 bridgehead atoms. The molecule has 4 heteroatoms. The normalized spacial score (nSPS) is 13.8. The highest BCUT2D eigenvalue weighted by atomic mass is 16.5. The highest BCUT2D eigenvalue weighted by Crippen LogP contribution is 2.40. The summed E-state index contributed by atoms with van der Waals surface area (Å²) >= 11 is 0. The molecule has 1 heterocycles. The highest BCUT2D eigenvalue weighted by molar-refractivity contribution is 5.93. The van der Waals surface area contributed by atoms with Gasteiger partial charge in [-0.25, -0.2) is 9.78 Å². The van der Waals surface area contributed by atoms with Gasteiger partial charge in [-0.2, -0.15) is 0 Å². The summed E-state index contributed by atoms with van der Waals surface area (Å²) < 4.78 is 4.80. The number of esters is 1. The van der Waals surface area contributed by atoms with E-state index in [1.807, 2.05) is 36.4 Å². The van der Waals surface area contributed by atoms with E-state index < -0.39 is 5.97 Å². The number of pyridine rings is 1. The molecule has 1 aliphatic rings. The van der Waals surface area contributed by atoms with Crippen LogP contribution >= 0.6 is 0 Å². The molecule has 1 saturated carbocycles. The predicted molar refractivity (Wildman–Crippen MR) is 81.3 cm³/mol. The minimum absolute atomic E-state index is 0.345. The van der Waals surface area contributed by atoms with Crippen LogP contribution in [0.1, 0.15) is 40.4 Å². The monoisotopic (exact) mass is 282 g/mol. The zero-order valence-corrected chi connectivity index (χ0v) is 12.0. The Morgan fingerprint density at radius 1 is 1.33 bits per heavy atom. The Morgan fingerprint density at radius 3 is 2.76 bits per heavy atom. The van der Waals surface area contributed by atoms with Gasteiger partial charge in [0.1, 0.15) is 0 Å². The van der Waals surface area contributed by atoms with Crippen LogP contribution in [0.2, 0.25) is 0 Å². The molecule has 108 valence electrons. The van der Waals surface area contributed by atoms with Crippen LogP contribution in [0, 0.1) is 0 Å². The molecule has 1 N–H and O–H groups in total. The SMILES string of the molecule is COC(=O)c1ncc(C2CC2)cc1NCc1ccccc1. The molecule has 1 fully saturated rings. The second-order valence-corrected chi connectivity index (χ2v) is 5.27. The molecule has 0 radical (unpaired) electrons. The van der Waals surface area contributed by atoms with Crippen molar-refractivity contribution in [2.24, 2.45) is 0 Å². The summed E-state index contributed by atoms with van der Waals surface area (Å²) in [5.41, 5.74) is 3.44. The summed E-state index contributed by atoms with van der Waals surface area (Å²) in [7, 11) is 1.37. The number of methoxy groups -OCH3 is 1. The first-order valence-corrected chi connectivity index (χ1v) is 7.14. The number of benzene rings is 1. The highest BCUT2D eigenvalue weighted by Gasteiger charge is 2.25. The molecule has 21 heavy (non-hydrogen) atoms. The predicted octanol–water partition coefficient (Wildman–Crippen LogP) is 3.36. The Hall–Kier alpha value is -2.36. The van der Waals surface area contributed by atoms with Crippen molar-refractivity contribution in [3.05, 3.63) is 59.4 Å². The third-order valence-electron chi connectivity index (χ3n) is 3.66. The lowest BCUT2D eigenvalue weighted by Gasteiger charge is -2.12. The average molecular weight is 282 g/mol. The lowest BCUT2D eigenvalue weighted by atomic mass is 10.1. The van der Waals surface area contributed by atoms with E-state index in [2.05, 4.69) is 10.3 Å². The largest absolute Gasteiger partial charge is 0.464 e. The van der Waals surface area contributed by atoms with E-state index in [-0.39, 0.29) is 0 Å². The zero-order chi connectivity index (χ0) is 14.7. The number of anilines is 1. The molecule has 1 aromatic carbocycles. The van der Waals surface area contributed by atoms with Gasteiger partial charge < -0.3 is 10.1 Å². The van der Waals surface area contributed by atoms with Gasteiger partial charge >= 0.3 is 5.97 Å². The van der Waals surface area contributed by atoms with E-state index in [1.54, 1.807) is 6.20 Å². The van der Waals surface area contributed by atoms with Crippen molar-refractivity contribution in [1.82, 2.24) is 4.98 Å². The van der Waals surface area contributed by atoms with E-state index >= 15 is 0 Å². The van der Waals surface area contributed by atoms with Gasteiger partial charge in [-0.15, -0.1) is 0 Å². The first-order chi connectivity index (χ1) is 10.3. The van der Waals surface area contributed by atoms with Crippen molar-refractivity contribution in [2.45, 2.75) is 25.3 Å². The van der Waals surface area contributed by atoms with Crippen LogP contribution in [-0.2, 0) is 11.3 Å². The molecule has 0 amide bonds. The number of carbonyl (C=O) groups is 1. The summed E-state index contributed by atoms with van der Waals surface area (Å²) in [6.45, 7) is 0.653. The van der Waals surface area contributed by atoms with Crippen LogP contribution in [0.3, 0.4) is 0 Å². The minimum atomic E-state index is -0.409. The molecule has 0 atom stereocenters. The standard InChI is InChI=1S/C17H18N2O2/c1-21-17(20)16-15(9-14(11-19-16)13-7-8-13)18-10-12-5-3-2-4-6-12/h2-6,9,11,13,18H,7-8,10H2,1H3. The number of nitrogens with zero attached hydrogens (tertiary/aromatic N) is 1. The van der Waals surface area contributed by atoms with Crippen molar-refractivity contribution in [3.8, 4) is 0 Å². The van der Waals surface area contributed by atoms with Crippen LogP contribution < -0.4 is 5.32 Å². The van der Waals surface area contributed by atoms with Gasteiger partial charge in [0.15, 0.2) is 5.69 Å². The van der Waals surface area contributed by atoms with E-state index in [0.29, 0.717) is 18.2 Å². The van der Waals surface area contributed by atoms with Crippen molar-refractivity contribution in [2.75, 3.05) is 12.4 Å². The number of hydrogen-bond donors (Lipinski definition) is 1. The average Bonchev–Trinajstić information content (AvgIpc) is 3.38. The first-order valence-electron chi connectivity index (χ1n) is 7.14. The van der Waals surface area contributed by atoms with Gasteiger partial charge in [0, 0.05) is 12.7 Å². The lowest BCUT2D eigenvalue weighted by molar-refractivity contribution is 0.0595. The van der Waals surface area contributed by atoms with Gasteiger partial charge in [-0.05, 0) is 36.0 Å². The number of rotatable bonds is 5. The van der Waals surface area contributed by atoms with E-state index in [4.69, 9.17) is 4.74 Å². The summed E-state index contributed by atoms with van der Waals surface area (Å²) in [6, 6.07) is 12.1. The van der Waals surface area contributed by atoms with Crippen molar-refractivity contribution >= 4 is 11.7 Å². The molecule has 4 nitrogen and oxygen atoms in total. The quantitative estimate of drug-likeness (QED) is 0.854. The van der Waals surface area contributed by atoms with Crippen LogP contribution in [0.15, 0.2) is 42.6 Å². The van der Waals surface area contributed by atoms with Crippen molar-refractivity contribution < 1.29 is 9.53 Å². The van der Waals surface area contributed by atoms with Crippen LogP contribution in [0.4, 0.5) is 5.69 Å². The van der Waals surface area contributed by atoms with E-state index in [0.717, 1.165) is 11.3 Å². The number of hydrogen-bond acceptors (Lipinski definition) is 4. The topological polar surface area (TPSA) is 51.2 Å². The fourth-order valence-electron chi connectivity index (χ4n) is 2.31. The third kappa shape index (κ3) is 3.21. The van der Waals surface area contributed by atoms with Crippen molar-refractivity contribution in [1.29, 1.82) is 0 Å². The summed E-state index contributed by atoms with van der Waals surface area (Å²) in [5.74, 6) is 0.189. The van der Waals surface area contributed by atoms with Gasteiger partial charge in [-0.1, -0.05) is 30.3 Å². The van der Waals surface area contributed by atoms with E-state index in [9.17, 15) is 4.79 Å². The second kappa shape index (κ2) is 5.95. The zero-order valence-electron chi connectivity index (χ0n) is 12.0. The van der Waals surface area contributed by atoms with Crippen LogP contribution in [0.25, 0.3) is 0 Å². The van der Waals surface area contributed by atoms with Gasteiger partial charge in [0.25, 0.3) is 0 Å². The Bertz CT molecular complexity index is 636. The number of carbonyl (C=O) groups excluding carboxylic acids is 1.